The molecule has 0 spiro atoms. The summed E-state index contributed by atoms with van der Waals surface area (Å²) in [6.45, 7) is 50.3. The van der Waals surface area contributed by atoms with Gasteiger partial charge in [0, 0.05) is 67.2 Å². The molecule has 6 aromatic carbocycles. The lowest BCUT2D eigenvalue weighted by Crippen LogP contribution is -2.31. The molecule has 0 amide bonds. The molecule has 0 aromatic heterocycles. The predicted octanol–water partition coefficient (Wildman–Crippen LogP) is 17.0. The van der Waals surface area contributed by atoms with Gasteiger partial charge in [0.25, 0.3) is 0 Å². The molecule has 0 saturated carbocycles. The molecule has 0 N–H and O–H groups in total. The molecule has 0 bridgehead atoms. The highest BCUT2D eigenvalue weighted by atomic mass is 31.1. The van der Waals surface area contributed by atoms with Crippen LogP contribution in [-0.2, 0) is 38.9 Å². The van der Waals surface area contributed by atoms with Crippen molar-refractivity contribution in [2.75, 3.05) is 56.9 Å². The topological polar surface area (TPSA) is 73.8 Å². The Hall–Kier alpha value is -5.42. The minimum atomic E-state index is -1.54. The molecule has 0 radical (unpaired) electrons. The van der Waals surface area contributed by atoms with E-state index in [1.165, 1.54) is 26.8 Å². The predicted molar refractivity (Wildman–Crippen MR) is 367 cm³/mol. The maximum absolute atomic E-state index is 6.87. The first-order valence-electron chi connectivity index (χ1n) is 30.3. The third kappa shape index (κ3) is 14.5. The second-order valence-electron chi connectivity index (χ2n) is 29.8. The summed E-state index contributed by atoms with van der Waals surface area (Å²) in [5, 5.41) is 6.78. The molecular formula is C75H106O8P2. The van der Waals surface area contributed by atoms with Gasteiger partial charge in [-0.2, -0.15) is 0 Å². The summed E-state index contributed by atoms with van der Waals surface area (Å²) >= 11 is 0. The maximum Gasteiger partial charge on any atom is 0.131 e. The van der Waals surface area contributed by atoms with Crippen molar-refractivity contribution in [3.8, 4) is 57.1 Å². The van der Waals surface area contributed by atoms with Crippen LogP contribution < -0.4 is 69.7 Å². The van der Waals surface area contributed by atoms with Crippen molar-refractivity contribution in [1.82, 2.24) is 0 Å². The van der Waals surface area contributed by atoms with Crippen molar-refractivity contribution < 1.29 is 37.9 Å². The van der Waals surface area contributed by atoms with Crippen molar-refractivity contribution in [1.29, 1.82) is 0 Å². The summed E-state index contributed by atoms with van der Waals surface area (Å²) in [5.41, 5.74) is 9.22. The average molecular weight is 1200 g/mol. The van der Waals surface area contributed by atoms with Crippen LogP contribution in [0.5, 0.6) is 46.0 Å². The van der Waals surface area contributed by atoms with Crippen LogP contribution >= 0.6 is 15.8 Å². The van der Waals surface area contributed by atoms with Gasteiger partial charge in [0.15, 0.2) is 0 Å². The SMILES string of the molecule is COc1cc(OC)c(-c2c(OC)cc(OC)cc2P(c2cc(C(C)C)c(OC)c(C(C)(C)C)c2)c2cc(C(C)(C)C)c(OC)c(C(C)(C)C)c2)c(P(c2cc(CC(C)C)c(OC)c(C(C)(C)C)c2)c2cc(C(C)(C)C)c(OC)c(C(C)(C)C)c2)c1. The highest BCUT2D eigenvalue weighted by molar-refractivity contribution is 7.81. The van der Waals surface area contributed by atoms with Crippen molar-refractivity contribution in [2.24, 2.45) is 5.92 Å². The fourth-order valence-corrected chi connectivity index (χ4v) is 17.0. The number of benzene rings is 6. The van der Waals surface area contributed by atoms with Gasteiger partial charge in [-0.1, -0.05) is 152 Å². The zero-order valence-corrected chi connectivity index (χ0v) is 59.7. The van der Waals surface area contributed by atoms with Gasteiger partial charge in [-0.3, -0.25) is 0 Å². The molecule has 0 aliphatic carbocycles. The first-order chi connectivity index (χ1) is 39.2. The standard InChI is InChI=1S/C75H106O8P2/c1-44(2)31-46-32-49(38-54(66(46)80-27)70(5,6)7)84(51-40-56(72(11,12)13)68(82-29)57(41-51)73(14,15)16)62-35-47(76-23)33-60(78-25)64(62)65-61(79-26)34-48(77-24)36-63(65)85(50-37-53(45(3)4)67(81-28)55(39-50)71(8,9)10)52-42-58(74(17,18)19)69(83-30)59(43-52)75(20,21)22/h32-45H,31H2,1-30H3. The lowest BCUT2D eigenvalue weighted by molar-refractivity contribution is 0.381. The van der Waals surface area contributed by atoms with Gasteiger partial charge in [0.05, 0.1) is 56.9 Å². The van der Waals surface area contributed by atoms with Crippen LogP contribution in [-0.4, -0.2) is 56.9 Å². The van der Waals surface area contributed by atoms with Gasteiger partial charge < -0.3 is 37.9 Å². The Bertz CT molecular complexity index is 3290. The van der Waals surface area contributed by atoms with Crippen LogP contribution in [0.2, 0.25) is 0 Å². The zero-order valence-electron chi connectivity index (χ0n) is 58.0. The lowest BCUT2D eigenvalue weighted by Gasteiger charge is -2.35. The second-order valence-corrected chi connectivity index (χ2v) is 34.2. The van der Waals surface area contributed by atoms with Crippen molar-refractivity contribution >= 4 is 47.7 Å². The molecule has 0 aliphatic rings. The van der Waals surface area contributed by atoms with Gasteiger partial charge in [-0.05, 0) is 160 Å². The fourth-order valence-electron chi connectivity index (χ4n) is 11.7. The van der Waals surface area contributed by atoms with E-state index in [4.69, 9.17) is 37.9 Å². The van der Waals surface area contributed by atoms with E-state index < -0.39 is 15.8 Å². The summed E-state index contributed by atoms with van der Waals surface area (Å²) in [6, 6.07) is 28.0. The largest absolute Gasteiger partial charge is 0.497 e. The van der Waals surface area contributed by atoms with Crippen LogP contribution in [0.25, 0.3) is 11.1 Å². The summed E-state index contributed by atoms with van der Waals surface area (Å²) in [6.07, 6.45) is 0.827. The number of ether oxygens (including phenoxy) is 8. The molecular weight excluding hydrogens is 1090 g/mol. The molecule has 0 fully saturated rings. The molecule has 0 saturated heterocycles. The molecule has 8 nitrogen and oxygen atoms in total. The molecule has 0 aliphatic heterocycles. The molecule has 10 heteroatoms. The Kier molecular flexibility index (Phi) is 20.8. The molecule has 6 rings (SSSR count). The van der Waals surface area contributed by atoms with Gasteiger partial charge in [0.1, 0.15) is 46.0 Å². The van der Waals surface area contributed by atoms with Crippen LogP contribution in [0, 0.1) is 5.92 Å². The highest BCUT2D eigenvalue weighted by Crippen LogP contribution is 2.54. The van der Waals surface area contributed by atoms with Crippen LogP contribution in [0.15, 0.2) is 72.8 Å². The normalized spacial score (nSPS) is 13.5. The highest BCUT2D eigenvalue weighted by Gasteiger charge is 2.39. The fraction of sp³-hybridized carbons (Fsp3) is 0.520. The molecule has 0 heterocycles. The summed E-state index contributed by atoms with van der Waals surface area (Å²) in [4.78, 5) is 0. The third-order valence-corrected chi connectivity index (χ3v) is 20.9. The number of hydrogen-bond donors (Lipinski definition) is 0. The van der Waals surface area contributed by atoms with E-state index >= 15 is 0 Å². The van der Waals surface area contributed by atoms with Gasteiger partial charge >= 0.3 is 0 Å². The quantitative estimate of drug-likeness (QED) is 0.0788. The Morgan fingerprint density at radius 3 is 0.859 bits per heavy atom. The van der Waals surface area contributed by atoms with E-state index in [0.717, 1.165) is 90.1 Å². The van der Waals surface area contributed by atoms with E-state index in [1.807, 2.05) is 40.6 Å². The van der Waals surface area contributed by atoms with Crippen molar-refractivity contribution in [2.45, 2.75) is 197 Å². The first-order valence-corrected chi connectivity index (χ1v) is 33.0. The second kappa shape index (κ2) is 25.7. The van der Waals surface area contributed by atoms with Crippen molar-refractivity contribution in [3.63, 3.8) is 0 Å². The van der Waals surface area contributed by atoms with E-state index in [-0.39, 0.29) is 38.4 Å². The maximum atomic E-state index is 6.87. The monoisotopic (exact) mass is 1200 g/mol. The van der Waals surface area contributed by atoms with Crippen LogP contribution in [0.4, 0.5) is 0 Å². The number of hydrogen-bond acceptors (Lipinski definition) is 8. The number of rotatable bonds is 18. The van der Waals surface area contributed by atoms with E-state index in [1.54, 1.807) is 28.4 Å². The Morgan fingerprint density at radius 1 is 0.318 bits per heavy atom. The Balaban J connectivity index is 2.07. The van der Waals surface area contributed by atoms with Crippen molar-refractivity contribution in [3.05, 3.63) is 117 Å². The average Bonchev–Trinajstić information content (AvgIpc) is 0.845. The molecule has 6 aromatic rings. The minimum Gasteiger partial charge on any atom is -0.497 e. The number of methoxy groups -OCH3 is 8. The molecule has 2 atom stereocenters. The summed E-state index contributed by atoms with van der Waals surface area (Å²) in [7, 11) is 11.2. The van der Waals surface area contributed by atoms with Gasteiger partial charge in [0.2, 0.25) is 0 Å². The Morgan fingerprint density at radius 2 is 0.600 bits per heavy atom. The van der Waals surface area contributed by atoms with Gasteiger partial charge in [-0.15, -0.1) is 0 Å². The summed E-state index contributed by atoms with van der Waals surface area (Å²) < 4.78 is 52.6. The van der Waals surface area contributed by atoms with Crippen LogP contribution in [0.1, 0.15) is 203 Å². The van der Waals surface area contributed by atoms with E-state index in [2.05, 4.69) is 213 Å². The first kappa shape index (κ1) is 68.7. The Labute approximate surface area is 517 Å². The van der Waals surface area contributed by atoms with E-state index in [9.17, 15) is 0 Å². The van der Waals surface area contributed by atoms with Crippen LogP contribution in [0.3, 0.4) is 0 Å². The third-order valence-electron chi connectivity index (χ3n) is 16.1. The van der Waals surface area contributed by atoms with Gasteiger partial charge in [-0.25, -0.2) is 0 Å². The zero-order chi connectivity index (χ0) is 64.0. The molecule has 85 heavy (non-hydrogen) atoms. The minimum absolute atomic E-state index is 0.138. The molecule has 464 valence electrons. The van der Waals surface area contributed by atoms with E-state index in [0.29, 0.717) is 28.9 Å². The lowest BCUT2D eigenvalue weighted by atomic mass is 9.79. The summed E-state index contributed by atoms with van der Waals surface area (Å²) in [5.74, 6) is 6.84. The molecule has 2 unspecified atom stereocenters. The smallest absolute Gasteiger partial charge is 0.131 e.